The van der Waals surface area contributed by atoms with Crippen LogP contribution in [-0.2, 0) is 4.74 Å². The smallest absolute Gasteiger partial charge is 0.258 e. The van der Waals surface area contributed by atoms with Crippen LogP contribution in [0.25, 0.3) is 10.9 Å². The predicted molar refractivity (Wildman–Crippen MR) is 121 cm³/mol. The lowest BCUT2D eigenvalue weighted by atomic mass is 10.1. The zero-order valence-corrected chi connectivity index (χ0v) is 18.2. The van der Waals surface area contributed by atoms with E-state index >= 15 is 0 Å². The normalized spacial score (nSPS) is 15.5. The van der Waals surface area contributed by atoms with Gasteiger partial charge in [-0.3, -0.25) is 9.69 Å². The molecule has 4 rings (SSSR count). The molecule has 0 spiro atoms. The number of hydrogen-bond acceptors (Lipinski definition) is 8. The van der Waals surface area contributed by atoms with Gasteiger partial charge in [0.25, 0.3) is 5.56 Å². The largest absolute Gasteiger partial charge is 0.494 e. The number of para-hydroxylation sites is 1. The third-order valence-corrected chi connectivity index (χ3v) is 5.81. The topological polar surface area (TPSA) is 107 Å². The third kappa shape index (κ3) is 4.56. The fourth-order valence-electron chi connectivity index (χ4n) is 3.98. The zero-order chi connectivity index (χ0) is 22.5. The minimum atomic E-state index is -0.324. The van der Waals surface area contributed by atoms with Gasteiger partial charge in [0, 0.05) is 46.0 Å². The molecule has 3 aromatic rings. The molecule has 1 aliphatic heterocycles. The Morgan fingerprint density at radius 3 is 2.66 bits per heavy atom. The first-order valence-electron chi connectivity index (χ1n) is 10.6. The molecule has 1 atom stereocenters. The summed E-state index contributed by atoms with van der Waals surface area (Å²) in [5, 5.41) is 9.42. The highest BCUT2D eigenvalue weighted by Crippen LogP contribution is 2.24. The number of anilines is 1. The van der Waals surface area contributed by atoms with Crippen LogP contribution >= 0.6 is 0 Å². The highest BCUT2D eigenvalue weighted by molar-refractivity contribution is 5.83. The van der Waals surface area contributed by atoms with Crippen molar-refractivity contribution < 1.29 is 9.47 Å². The van der Waals surface area contributed by atoms with Gasteiger partial charge in [-0.1, -0.05) is 6.07 Å². The van der Waals surface area contributed by atoms with E-state index in [0.717, 1.165) is 38.5 Å². The van der Waals surface area contributed by atoms with Crippen molar-refractivity contribution in [2.45, 2.75) is 12.5 Å². The Labute approximate surface area is 186 Å². The van der Waals surface area contributed by atoms with Gasteiger partial charge in [0.15, 0.2) is 0 Å². The highest BCUT2D eigenvalue weighted by Gasteiger charge is 2.21. The molecule has 1 aliphatic rings. The van der Waals surface area contributed by atoms with E-state index < -0.39 is 0 Å². The molecule has 3 heterocycles. The number of nitrogens with zero attached hydrogens (tertiary/aromatic N) is 5. The number of benzene rings is 1. The van der Waals surface area contributed by atoms with E-state index in [1.165, 1.54) is 0 Å². The average molecular weight is 435 g/mol. The molecule has 2 aromatic heterocycles. The Morgan fingerprint density at radius 2 is 2.00 bits per heavy atom. The van der Waals surface area contributed by atoms with Gasteiger partial charge in [-0.05, 0) is 30.7 Å². The molecule has 1 saturated heterocycles. The van der Waals surface area contributed by atoms with Crippen molar-refractivity contribution in [2.24, 2.45) is 0 Å². The molecule has 9 nitrogen and oxygen atoms in total. The standard InChI is InChI=1S/C23H26N6O3/c1-31-18-5-3-4-17-21(18)26-22(27-23(17)30)19(32-2)8-9-28-10-12-29(13-11-28)20-7-6-16(14-24)15-25-20/h3-7,15,19H,8-13H2,1-2H3,(H,26,27,30). The summed E-state index contributed by atoms with van der Waals surface area (Å²) in [7, 11) is 3.20. The van der Waals surface area contributed by atoms with Crippen molar-refractivity contribution in [3.63, 3.8) is 0 Å². The zero-order valence-electron chi connectivity index (χ0n) is 18.2. The number of nitriles is 1. The van der Waals surface area contributed by atoms with Crippen molar-refractivity contribution in [3.8, 4) is 11.8 Å². The van der Waals surface area contributed by atoms with Gasteiger partial charge < -0.3 is 19.4 Å². The minimum absolute atomic E-state index is 0.200. The van der Waals surface area contributed by atoms with Crippen molar-refractivity contribution in [2.75, 3.05) is 51.8 Å². The summed E-state index contributed by atoms with van der Waals surface area (Å²) in [6, 6.07) is 11.1. The number of nitrogens with one attached hydrogen (secondary N) is 1. The van der Waals surface area contributed by atoms with E-state index in [2.05, 4.69) is 30.8 Å². The summed E-state index contributed by atoms with van der Waals surface area (Å²) in [5.41, 5.74) is 0.907. The van der Waals surface area contributed by atoms with E-state index in [9.17, 15) is 4.79 Å². The van der Waals surface area contributed by atoms with Gasteiger partial charge >= 0.3 is 0 Å². The van der Waals surface area contributed by atoms with Crippen LogP contribution in [0, 0.1) is 11.3 Å². The maximum absolute atomic E-state index is 12.6. The van der Waals surface area contributed by atoms with Crippen LogP contribution in [0.2, 0.25) is 0 Å². The molecule has 1 fully saturated rings. The number of H-pyrrole nitrogens is 1. The van der Waals surface area contributed by atoms with E-state index in [4.69, 9.17) is 14.7 Å². The SMILES string of the molecule is COc1cccc2c(=O)[nH]c(C(CCN3CCN(c4ccc(C#N)cn4)CC3)OC)nc12. The molecule has 166 valence electrons. The number of piperazine rings is 1. The second-order valence-electron chi connectivity index (χ2n) is 7.67. The molecule has 0 aliphatic carbocycles. The summed E-state index contributed by atoms with van der Waals surface area (Å²) < 4.78 is 11.0. The van der Waals surface area contributed by atoms with Gasteiger partial charge in [-0.25, -0.2) is 9.97 Å². The Kier molecular flexibility index (Phi) is 6.63. The van der Waals surface area contributed by atoms with E-state index in [1.54, 1.807) is 44.7 Å². The van der Waals surface area contributed by atoms with Crippen molar-refractivity contribution in [1.82, 2.24) is 19.9 Å². The maximum Gasteiger partial charge on any atom is 0.258 e. The lowest BCUT2D eigenvalue weighted by molar-refractivity contribution is 0.0755. The highest BCUT2D eigenvalue weighted by atomic mass is 16.5. The second kappa shape index (κ2) is 9.77. The summed E-state index contributed by atoms with van der Waals surface area (Å²) in [5.74, 6) is 1.97. The van der Waals surface area contributed by atoms with Crippen LogP contribution in [0.4, 0.5) is 5.82 Å². The van der Waals surface area contributed by atoms with Crippen LogP contribution in [0.5, 0.6) is 5.75 Å². The maximum atomic E-state index is 12.6. The van der Waals surface area contributed by atoms with Gasteiger partial charge in [0.2, 0.25) is 0 Å². The van der Waals surface area contributed by atoms with Gasteiger partial charge in [0.05, 0.1) is 18.1 Å². The van der Waals surface area contributed by atoms with Crippen LogP contribution < -0.4 is 15.2 Å². The summed E-state index contributed by atoms with van der Waals surface area (Å²) in [6.07, 6.45) is 1.99. The molecular weight excluding hydrogens is 408 g/mol. The minimum Gasteiger partial charge on any atom is -0.494 e. The van der Waals surface area contributed by atoms with E-state index in [1.807, 2.05) is 6.07 Å². The van der Waals surface area contributed by atoms with Gasteiger partial charge in [0.1, 0.15) is 35.1 Å². The molecule has 1 unspecified atom stereocenters. The molecule has 0 radical (unpaired) electrons. The number of aromatic nitrogens is 3. The molecule has 9 heteroatoms. The van der Waals surface area contributed by atoms with Crippen LogP contribution in [0.15, 0.2) is 41.3 Å². The van der Waals surface area contributed by atoms with E-state index in [-0.39, 0.29) is 11.7 Å². The van der Waals surface area contributed by atoms with E-state index in [0.29, 0.717) is 34.5 Å². The summed E-state index contributed by atoms with van der Waals surface area (Å²) >= 11 is 0. The number of pyridine rings is 1. The molecular formula is C23H26N6O3. The summed E-state index contributed by atoms with van der Waals surface area (Å²) in [4.78, 5) is 29.1. The Morgan fingerprint density at radius 1 is 1.19 bits per heavy atom. The van der Waals surface area contributed by atoms with Crippen molar-refractivity contribution in [3.05, 3.63) is 58.3 Å². The third-order valence-electron chi connectivity index (χ3n) is 5.81. The van der Waals surface area contributed by atoms with Crippen LogP contribution in [-0.4, -0.2) is 66.8 Å². The average Bonchev–Trinajstić information content (AvgIpc) is 2.84. The number of rotatable bonds is 7. The molecule has 1 N–H and O–H groups in total. The lowest BCUT2D eigenvalue weighted by Gasteiger charge is -2.35. The Balaban J connectivity index is 1.39. The molecule has 32 heavy (non-hydrogen) atoms. The van der Waals surface area contributed by atoms with Gasteiger partial charge in [-0.15, -0.1) is 0 Å². The van der Waals surface area contributed by atoms with Crippen molar-refractivity contribution >= 4 is 16.7 Å². The molecule has 0 amide bonds. The number of fused-ring (bicyclic) bond motifs is 1. The summed E-state index contributed by atoms with van der Waals surface area (Å²) in [6.45, 7) is 4.33. The number of aromatic amines is 1. The number of hydrogen-bond donors (Lipinski definition) is 1. The molecule has 0 saturated carbocycles. The molecule has 0 bridgehead atoms. The first kappa shape index (κ1) is 21.7. The fraction of sp³-hybridized carbons (Fsp3) is 0.391. The Bertz CT molecular complexity index is 1160. The van der Waals surface area contributed by atoms with Crippen molar-refractivity contribution in [1.29, 1.82) is 5.26 Å². The Hall–Kier alpha value is -3.48. The van der Waals surface area contributed by atoms with Crippen LogP contribution in [0.1, 0.15) is 23.9 Å². The predicted octanol–water partition coefficient (Wildman–Crippen LogP) is 2.10. The number of methoxy groups -OCH3 is 2. The second-order valence-corrected chi connectivity index (χ2v) is 7.67. The monoisotopic (exact) mass is 434 g/mol. The quantitative estimate of drug-likeness (QED) is 0.602. The lowest BCUT2D eigenvalue weighted by Crippen LogP contribution is -2.47. The first-order chi connectivity index (χ1) is 15.6. The van der Waals surface area contributed by atoms with Gasteiger partial charge in [-0.2, -0.15) is 5.26 Å². The fourth-order valence-corrected chi connectivity index (χ4v) is 3.98. The molecule has 1 aromatic carbocycles. The van der Waals surface area contributed by atoms with Crippen LogP contribution in [0.3, 0.4) is 0 Å². The number of ether oxygens (including phenoxy) is 2. The first-order valence-corrected chi connectivity index (χ1v) is 10.6.